The van der Waals surface area contributed by atoms with E-state index in [2.05, 4.69) is 5.16 Å². The van der Waals surface area contributed by atoms with Crippen LogP contribution in [0.15, 0.2) is 41.1 Å². The van der Waals surface area contributed by atoms with Gasteiger partial charge in [0.2, 0.25) is 0 Å². The lowest BCUT2D eigenvalue weighted by molar-refractivity contribution is 0.0604. The fourth-order valence-electron chi connectivity index (χ4n) is 3.69. The summed E-state index contributed by atoms with van der Waals surface area (Å²) in [5, 5.41) is 5.16. The van der Waals surface area contributed by atoms with Gasteiger partial charge in [-0.25, -0.2) is 0 Å². The monoisotopic (exact) mass is 323 g/mol. The summed E-state index contributed by atoms with van der Waals surface area (Å²) in [6.45, 7) is 2.65. The van der Waals surface area contributed by atoms with Gasteiger partial charge in [0.05, 0.1) is 11.6 Å². The van der Waals surface area contributed by atoms with Crippen LogP contribution in [0, 0.1) is 6.92 Å². The fourth-order valence-corrected chi connectivity index (χ4v) is 3.69. The second-order valence-electron chi connectivity index (χ2n) is 6.54. The van der Waals surface area contributed by atoms with Crippen LogP contribution in [0.3, 0.4) is 0 Å². The minimum absolute atomic E-state index is 0.00247. The molecular weight excluding hydrogens is 302 g/mol. The average molecular weight is 323 g/mol. The second-order valence-corrected chi connectivity index (χ2v) is 6.54. The number of para-hydroxylation sites is 1. The van der Waals surface area contributed by atoms with Crippen LogP contribution in [0.5, 0.6) is 0 Å². The predicted molar refractivity (Wildman–Crippen MR) is 91.8 cm³/mol. The van der Waals surface area contributed by atoms with E-state index in [1.165, 1.54) is 0 Å². The molecule has 1 saturated heterocycles. The Morgan fingerprint density at radius 2 is 2.12 bits per heavy atom. The maximum atomic E-state index is 13.3. The molecule has 1 fully saturated rings. The first kappa shape index (κ1) is 15.0. The van der Waals surface area contributed by atoms with Crippen molar-refractivity contribution in [3.05, 3.63) is 53.5 Å². The highest BCUT2D eigenvalue weighted by Crippen LogP contribution is 2.33. The van der Waals surface area contributed by atoms with Gasteiger partial charge in [0, 0.05) is 36.8 Å². The van der Waals surface area contributed by atoms with Gasteiger partial charge in [-0.1, -0.05) is 23.4 Å². The molecule has 124 valence electrons. The van der Waals surface area contributed by atoms with Crippen LogP contribution in [-0.4, -0.2) is 27.1 Å². The average Bonchev–Trinajstić information content (AvgIpc) is 3.19. The van der Waals surface area contributed by atoms with Crippen molar-refractivity contribution in [1.82, 2.24) is 14.6 Å². The molecule has 4 rings (SSSR count). The quantitative estimate of drug-likeness (QED) is 0.720. The van der Waals surface area contributed by atoms with Crippen LogP contribution in [0.4, 0.5) is 0 Å². The number of carbonyl (C=O) groups excluding carboxylic acids is 1. The Morgan fingerprint density at radius 1 is 1.29 bits per heavy atom. The van der Waals surface area contributed by atoms with Crippen molar-refractivity contribution in [2.75, 3.05) is 6.54 Å². The Labute approximate surface area is 140 Å². The zero-order chi connectivity index (χ0) is 16.7. The van der Waals surface area contributed by atoms with E-state index in [0.717, 1.165) is 53.7 Å². The molecule has 0 spiro atoms. The number of fused-ring (bicyclic) bond motifs is 1. The summed E-state index contributed by atoms with van der Waals surface area (Å²) in [5.41, 5.74) is 2.70. The van der Waals surface area contributed by atoms with E-state index in [1.807, 2.05) is 60.0 Å². The molecule has 5 nitrogen and oxygen atoms in total. The predicted octanol–water partition coefficient (Wildman–Crippen LogP) is 3.84. The lowest BCUT2D eigenvalue weighted by Crippen LogP contribution is -2.38. The Morgan fingerprint density at radius 3 is 2.92 bits per heavy atom. The number of benzene rings is 1. The first-order chi connectivity index (χ1) is 11.6. The van der Waals surface area contributed by atoms with Crippen molar-refractivity contribution in [3.8, 4) is 0 Å². The van der Waals surface area contributed by atoms with Gasteiger partial charge in [-0.05, 0) is 32.3 Å². The number of rotatable bonds is 2. The molecule has 1 unspecified atom stereocenters. The van der Waals surface area contributed by atoms with Gasteiger partial charge in [-0.3, -0.25) is 4.79 Å². The van der Waals surface area contributed by atoms with E-state index in [4.69, 9.17) is 4.52 Å². The number of aromatic nitrogens is 2. The van der Waals surface area contributed by atoms with Crippen molar-refractivity contribution in [2.24, 2.45) is 7.05 Å². The number of likely N-dealkylation sites (tertiary alicyclic amines) is 1. The zero-order valence-electron chi connectivity index (χ0n) is 14.0. The lowest BCUT2D eigenvalue weighted by atomic mass is 9.98. The van der Waals surface area contributed by atoms with E-state index < -0.39 is 0 Å². The number of nitrogens with zero attached hydrogens (tertiary/aromatic N) is 3. The highest BCUT2D eigenvalue weighted by molar-refractivity contribution is 6.07. The van der Waals surface area contributed by atoms with Crippen LogP contribution in [0.2, 0.25) is 0 Å². The molecule has 1 amide bonds. The van der Waals surface area contributed by atoms with Crippen LogP contribution in [0.25, 0.3) is 10.9 Å². The second kappa shape index (κ2) is 5.82. The maximum absolute atomic E-state index is 13.3. The summed E-state index contributed by atoms with van der Waals surface area (Å²) in [6, 6.07) is 9.98. The Balaban J connectivity index is 1.73. The number of carbonyl (C=O) groups is 1. The standard InChI is InChI=1S/C19H21N3O2/c1-13-11-16(20-24-13)18-9-5-6-10-22(18)19(23)15-12-21(2)17-8-4-3-7-14(15)17/h3-4,7-8,11-12,18H,5-6,9-10H2,1-2H3. The largest absolute Gasteiger partial charge is 0.361 e. The molecule has 2 aromatic heterocycles. The number of aryl methyl sites for hydroxylation is 2. The highest BCUT2D eigenvalue weighted by Gasteiger charge is 2.32. The maximum Gasteiger partial charge on any atom is 0.256 e. The van der Waals surface area contributed by atoms with Crippen molar-refractivity contribution in [2.45, 2.75) is 32.2 Å². The van der Waals surface area contributed by atoms with Gasteiger partial charge < -0.3 is 14.0 Å². The highest BCUT2D eigenvalue weighted by atomic mass is 16.5. The normalized spacial score (nSPS) is 18.2. The summed E-state index contributed by atoms with van der Waals surface area (Å²) in [7, 11) is 1.98. The Kier molecular flexibility index (Phi) is 3.63. The summed E-state index contributed by atoms with van der Waals surface area (Å²) < 4.78 is 7.25. The van der Waals surface area contributed by atoms with E-state index in [1.54, 1.807) is 0 Å². The molecule has 1 aliphatic rings. The summed E-state index contributed by atoms with van der Waals surface area (Å²) in [4.78, 5) is 15.2. The van der Waals surface area contributed by atoms with Gasteiger partial charge in [0.15, 0.2) is 0 Å². The SMILES string of the molecule is Cc1cc(C2CCCCN2C(=O)c2cn(C)c3ccccc23)no1. The third kappa shape index (κ3) is 2.40. The Bertz CT molecular complexity index is 893. The molecule has 24 heavy (non-hydrogen) atoms. The van der Waals surface area contributed by atoms with E-state index in [9.17, 15) is 4.79 Å². The van der Waals surface area contributed by atoms with Gasteiger partial charge in [0.25, 0.3) is 5.91 Å². The van der Waals surface area contributed by atoms with Gasteiger partial charge in [-0.15, -0.1) is 0 Å². The van der Waals surface area contributed by atoms with Crippen LogP contribution in [-0.2, 0) is 7.05 Å². The molecule has 1 atom stereocenters. The van der Waals surface area contributed by atoms with Gasteiger partial charge >= 0.3 is 0 Å². The molecule has 1 aliphatic heterocycles. The van der Waals surface area contributed by atoms with Crippen LogP contribution >= 0.6 is 0 Å². The molecular formula is C19H21N3O2. The minimum Gasteiger partial charge on any atom is -0.361 e. The molecule has 0 saturated carbocycles. The first-order valence-corrected chi connectivity index (χ1v) is 8.43. The number of amides is 1. The molecule has 3 heterocycles. The number of hydrogen-bond donors (Lipinski definition) is 0. The third-order valence-electron chi connectivity index (χ3n) is 4.88. The molecule has 5 heteroatoms. The van der Waals surface area contributed by atoms with E-state index in [-0.39, 0.29) is 11.9 Å². The van der Waals surface area contributed by atoms with Crippen molar-refractivity contribution >= 4 is 16.8 Å². The molecule has 0 radical (unpaired) electrons. The van der Waals surface area contributed by atoms with Gasteiger partial charge in [-0.2, -0.15) is 0 Å². The molecule has 0 aliphatic carbocycles. The summed E-state index contributed by atoms with van der Waals surface area (Å²) >= 11 is 0. The van der Waals surface area contributed by atoms with Crippen LogP contribution in [0.1, 0.15) is 47.1 Å². The lowest BCUT2D eigenvalue weighted by Gasteiger charge is -2.34. The molecule has 0 bridgehead atoms. The molecule has 1 aromatic carbocycles. The van der Waals surface area contributed by atoms with Gasteiger partial charge in [0.1, 0.15) is 11.5 Å². The van der Waals surface area contributed by atoms with E-state index in [0.29, 0.717) is 0 Å². The Hall–Kier alpha value is -2.56. The first-order valence-electron chi connectivity index (χ1n) is 8.43. The fraction of sp³-hybridized carbons (Fsp3) is 0.368. The third-order valence-corrected chi connectivity index (χ3v) is 4.88. The summed E-state index contributed by atoms with van der Waals surface area (Å²) in [6.07, 6.45) is 5.01. The summed E-state index contributed by atoms with van der Waals surface area (Å²) in [5.74, 6) is 0.866. The molecule has 3 aromatic rings. The number of hydrogen-bond acceptors (Lipinski definition) is 3. The van der Waals surface area contributed by atoms with Crippen molar-refractivity contribution in [3.63, 3.8) is 0 Å². The van der Waals surface area contributed by atoms with Crippen molar-refractivity contribution < 1.29 is 9.32 Å². The van der Waals surface area contributed by atoms with Crippen LogP contribution < -0.4 is 0 Å². The van der Waals surface area contributed by atoms with Crippen molar-refractivity contribution in [1.29, 1.82) is 0 Å². The minimum atomic E-state index is 0.00247. The van der Waals surface area contributed by atoms with E-state index >= 15 is 0 Å². The smallest absolute Gasteiger partial charge is 0.256 e. The topological polar surface area (TPSA) is 51.3 Å². The molecule has 0 N–H and O–H groups in total. The zero-order valence-corrected chi connectivity index (χ0v) is 14.0. The number of piperidine rings is 1.